The molecule has 0 aliphatic rings. The smallest absolute Gasteiger partial charge is 0.319 e. The van der Waals surface area contributed by atoms with Gasteiger partial charge in [0.2, 0.25) is 0 Å². The number of imidazole rings is 1. The molecule has 1 heterocycles. The molecule has 1 aromatic heterocycles. The number of hydrogen-bond acceptors (Lipinski definition) is 4. The van der Waals surface area contributed by atoms with Gasteiger partial charge in [0.1, 0.15) is 5.82 Å². The van der Waals surface area contributed by atoms with Crippen LogP contribution in [0, 0.1) is 0 Å². The number of rotatable bonds is 10. The molecule has 36 heavy (non-hydrogen) atoms. The van der Waals surface area contributed by atoms with Crippen molar-refractivity contribution in [1.82, 2.24) is 14.9 Å². The number of carbonyl (C=O) groups is 2. The molecule has 0 aliphatic carbocycles. The lowest BCUT2D eigenvalue weighted by Gasteiger charge is -2.19. The van der Waals surface area contributed by atoms with Gasteiger partial charge < -0.3 is 19.9 Å². The van der Waals surface area contributed by atoms with Crippen molar-refractivity contribution in [2.45, 2.75) is 45.7 Å². The Morgan fingerprint density at radius 2 is 1.64 bits per heavy atom. The first kappa shape index (κ1) is 25.0. The van der Waals surface area contributed by atoms with Gasteiger partial charge in [0.05, 0.1) is 30.1 Å². The summed E-state index contributed by atoms with van der Waals surface area (Å²) in [6, 6.07) is 24.6. The van der Waals surface area contributed by atoms with Crippen LogP contribution in [-0.4, -0.2) is 28.2 Å². The number of aromatic nitrogens is 2. The first-order valence-corrected chi connectivity index (χ1v) is 12.4. The van der Waals surface area contributed by atoms with Crippen LogP contribution in [0.3, 0.4) is 0 Å². The van der Waals surface area contributed by atoms with Crippen LogP contribution in [0.25, 0.3) is 11.0 Å². The Kier molecular flexibility index (Phi) is 8.34. The maximum Gasteiger partial charge on any atom is 0.319 e. The summed E-state index contributed by atoms with van der Waals surface area (Å²) in [4.78, 5) is 29.6. The Balaban J connectivity index is 1.36. The van der Waals surface area contributed by atoms with Gasteiger partial charge in [0, 0.05) is 18.7 Å². The van der Waals surface area contributed by atoms with Crippen LogP contribution in [0.2, 0.25) is 0 Å². The molecule has 1 unspecified atom stereocenters. The second-order valence-corrected chi connectivity index (χ2v) is 8.53. The predicted molar refractivity (Wildman–Crippen MR) is 142 cm³/mol. The fraction of sp³-hybridized carbons (Fsp3) is 0.276. The SMILES string of the molecule is CCOC(=O)CC(NC(=O)Nc1ccc(CCc2nc3ccccc3n2CC)cc1)c1ccccc1. The molecule has 2 N–H and O–H groups in total. The van der Waals surface area contributed by atoms with Crippen LogP contribution < -0.4 is 10.6 Å². The lowest BCUT2D eigenvalue weighted by atomic mass is 10.0. The second-order valence-electron chi connectivity index (χ2n) is 8.53. The highest BCUT2D eigenvalue weighted by atomic mass is 16.5. The van der Waals surface area contributed by atoms with Crippen molar-refractivity contribution in [3.05, 3.63) is 95.8 Å². The van der Waals surface area contributed by atoms with Gasteiger partial charge in [0.25, 0.3) is 0 Å². The summed E-state index contributed by atoms with van der Waals surface area (Å²) in [6.45, 7) is 5.08. The highest BCUT2D eigenvalue weighted by molar-refractivity contribution is 5.90. The number of esters is 1. The molecule has 7 heteroatoms. The second kappa shape index (κ2) is 12.0. The maximum atomic E-state index is 12.7. The van der Waals surface area contributed by atoms with Crippen molar-refractivity contribution in [2.75, 3.05) is 11.9 Å². The van der Waals surface area contributed by atoms with E-state index in [1.165, 1.54) is 5.56 Å². The third-order valence-electron chi connectivity index (χ3n) is 6.08. The third kappa shape index (κ3) is 6.30. The van der Waals surface area contributed by atoms with E-state index in [-0.39, 0.29) is 18.4 Å². The average Bonchev–Trinajstić information content (AvgIpc) is 3.26. The molecule has 3 aromatic carbocycles. The topological polar surface area (TPSA) is 85.2 Å². The van der Waals surface area contributed by atoms with Crippen LogP contribution in [0.15, 0.2) is 78.9 Å². The molecule has 0 saturated heterocycles. The number of benzene rings is 3. The number of ether oxygens (including phenoxy) is 1. The van der Waals surface area contributed by atoms with E-state index in [2.05, 4.69) is 28.2 Å². The van der Waals surface area contributed by atoms with E-state index in [4.69, 9.17) is 9.72 Å². The van der Waals surface area contributed by atoms with Crippen LogP contribution in [-0.2, 0) is 28.9 Å². The van der Waals surface area contributed by atoms with Gasteiger partial charge in [-0.25, -0.2) is 9.78 Å². The van der Waals surface area contributed by atoms with E-state index < -0.39 is 6.04 Å². The summed E-state index contributed by atoms with van der Waals surface area (Å²) in [7, 11) is 0. The first-order valence-electron chi connectivity index (χ1n) is 12.4. The number of para-hydroxylation sites is 2. The molecule has 7 nitrogen and oxygen atoms in total. The number of carbonyl (C=O) groups excluding carboxylic acids is 2. The highest BCUT2D eigenvalue weighted by Gasteiger charge is 2.19. The number of nitrogens with one attached hydrogen (secondary N) is 2. The summed E-state index contributed by atoms with van der Waals surface area (Å²) in [5.74, 6) is 0.724. The zero-order chi connectivity index (χ0) is 25.3. The van der Waals surface area contributed by atoms with Gasteiger partial charge in [-0.2, -0.15) is 0 Å². The molecule has 4 rings (SSSR count). The molecule has 0 bridgehead atoms. The van der Waals surface area contributed by atoms with Gasteiger partial charge in [-0.1, -0.05) is 54.6 Å². The summed E-state index contributed by atoms with van der Waals surface area (Å²) in [5, 5.41) is 5.76. The third-order valence-corrected chi connectivity index (χ3v) is 6.08. The molecule has 0 aliphatic heterocycles. The predicted octanol–water partition coefficient (Wildman–Crippen LogP) is 5.66. The summed E-state index contributed by atoms with van der Waals surface area (Å²) < 4.78 is 7.34. The molecular formula is C29H32N4O3. The van der Waals surface area contributed by atoms with Crippen LogP contribution in [0.4, 0.5) is 10.5 Å². The lowest BCUT2D eigenvalue weighted by Crippen LogP contribution is -2.34. The summed E-state index contributed by atoms with van der Waals surface area (Å²) >= 11 is 0. The van der Waals surface area contributed by atoms with Gasteiger partial charge in [0.15, 0.2) is 0 Å². The van der Waals surface area contributed by atoms with Crippen LogP contribution in [0.1, 0.15) is 43.3 Å². The molecule has 186 valence electrons. The van der Waals surface area contributed by atoms with Gasteiger partial charge in [-0.15, -0.1) is 0 Å². The zero-order valence-electron chi connectivity index (χ0n) is 20.7. The Hall–Kier alpha value is -4.13. The van der Waals surface area contributed by atoms with Crippen molar-refractivity contribution < 1.29 is 14.3 Å². The molecule has 2 amide bonds. The fourth-order valence-electron chi connectivity index (χ4n) is 4.33. The van der Waals surface area contributed by atoms with E-state index in [9.17, 15) is 9.59 Å². The Morgan fingerprint density at radius 3 is 2.36 bits per heavy atom. The van der Waals surface area contributed by atoms with Crippen LogP contribution >= 0.6 is 0 Å². The van der Waals surface area contributed by atoms with E-state index in [1.54, 1.807) is 6.92 Å². The minimum absolute atomic E-state index is 0.0622. The molecule has 0 fully saturated rings. The lowest BCUT2D eigenvalue weighted by molar-refractivity contribution is -0.143. The quantitative estimate of drug-likeness (QED) is 0.285. The number of nitrogens with zero attached hydrogens (tertiary/aromatic N) is 2. The van der Waals surface area contributed by atoms with E-state index in [0.29, 0.717) is 12.3 Å². The average molecular weight is 485 g/mol. The maximum absolute atomic E-state index is 12.7. The van der Waals surface area contributed by atoms with Gasteiger partial charge in [-0.05, 0) is 55.7 Å². The molecule has 0 saturated carbocycles. The Bertz CT molecular complexity index is 1300. The number of fused-ring (bicyclic) bond motifs is 1. The van der Waals surface area contributed by atoms with Gasteiger partial charge in [-0.3, -0.25) is 4.79 Å². The van der Waals surface area contributed by atoms with E-state index in [0.717, 1.165) is 41.8 Å². The largest absolute Gasteiger partial charge is 0.466 e. The van der Waals surface area contributed by atoms with Crippen molar-refractivity contribution >= 4 is 28.7 Å². The standard InChI is InChI=1S/C29H32N4O3/c1-3-33-26-13-9-8-12-24(26)31-27(33)19-16-21-14-17-23(18-15-21)30-29(35)32-25(20-28(34)36-4-2)22-10-6-5-7-11-22/h5-15,17-18,25H,3-4,16,19-20H2,1-2H3,(H2,30,32,35). The van der Waals surface area contributed by atoms with Crippen molar-refractivity contribution in [1.29, 1.82) is 0 Å². The van der Waals surface area contributed by atoms with Crippen molar-refractivity contribution in [3.63, 3.8) is 0 Å². The van der Waals surface area contributed by atoms with Crippen molar-refractivity contribution in [3.8, 4) is 0 Å². The number of urea groups is 1. The first-order chi connectivity index (χ1) is 17.6. The number of aryl methyl sites for hydroxylation is 3. The fourth-order valence-corrected chi connectivity index (χ4v) is 4.33. The normalized spacial score (nSPS) is 11.7. The summed E-state index contributed by atoms with van der Waals surface area (Å²) in [6.07, 6.45) is 1.75. The molecule has 4 aromatic rings. The minimum atomic E-state index is -0.484. The number of hydrogen-bond donors (Lipinski definition) is 2. The van der Waals surface area contributed by atoms with E-state index in [1.807, 2.05) is 72.8 Å². The molecule has 0 spiro atoms. The number of anilines is 1. The number of amides is 2. The molecular weight excluding hydrogens is 452 g/mol. The zero-order valence-corrected chi connectivity index (χ0v) is 20.7. The monoisotopic (exact) mass is 484 g/mol. The molecule has 1 atom stereocenters. The van der Waals surface area contributed by atoms with Gasteiger partial charge >= 0.3 is 12.0 Å². The minimum Gasteiger partial charge on any atom is -0.466 e. The molecule has 0 radical (unpaired) electrons. The Morgan fingerprint density at radius 1 is 0.917 bits per heavy atom. The Labute approximate surface area is 211 Å². The van der Waals surface area contributed by atoms with Crippen LogP contribution in [0.5, 0.6) is 0 Å². The highest BCUT2D eigenvalue weighted by Crippen LogP contribution is 2.20. The van der Waals surface area contributed by atoms with E-state index >= 15 is 0 Å². The van der Waals surface area contributed by atoms with Crippen molar-refractivity contribution in [2.24, 2.45) is 0 Å². The summed E-state index contributed by atoms with van der Waals surface area (Å²) in [5.41, 5.74) is 4.88.